The summed E-state index contributed by atoms with van der Waals surface area (Å²) >= 11 is 0. The summed E-state index contributed by atoms with van der Waals surface area (Å²) in [6, 6.07) is 0.960. The SMILES string of the molecule is CC1CN=C(NC2CCC(O)CC2)N1. The van der Waals surface area contributed by atoms with Gasteiger partial charge in [0.25, 0.3) is 0 Å². The Bertz CT molecular complexity index is 221. The van der Waals surface area contributed by atoms with Crippen LogP contribution in [0.5, 0.6) is 0 Å². The first-order chi connectivity index (χ1) is 6.74. The fourth-order valence-corrected chi connectivity index (χ4v) is 2.05. The zero-order valence-corrected chi connectivity index (χ0v) is 8.66. The van der Waals surface area contributed by atoms with Crippen LogP contribution in [0.25, 0.3) is 0 Å². The monoisotopic (exact) mass is 197 g/mol. The second kappa shape index (κ2) is 4.17. The van der Waals surface area contributed by atoms with Gasteiger partial charge in [0, 0.05) is 12.1 Å². The van der Waals surface area contributed by atoms with Gasteiger partial charge in [-0.3, -0.25) is 4.99 Å². The van der Waals surface area contributed by atoms with Crippen LogP contribution in [-0.4, -0.2) is 35.8 Å². The smallest absolute Gasteiger partial charge is 0.191 e. The van der Waals surface area contributed by atoms with Crippen molar-refractivity contribution in [3.05, 3.63) is 0 Å². The molecule has 4 nitrogen and oxygen atoms in total. The van der Waals surface area contributed by atoms with Crippen molar-refractivity contribution in [3.8, 4) is 0 Å². The van der Waals surface area contributed by atoms with E-state index in [9.17, 15) is 5.11 Å². The lowest BCUT2D eigenvalue weighted by Gasteiger charge is -2.27. The van der Waals surface area contributed by atoms with Crippen LogP contribution in [-0.2, 0) is 0 Å². The average Bonchev–Trinajstić information content (AvgIpc) is 2.56. The van der Waals surface area contributed by atoms with Gasteiger partial charge in [-0.25, -0.2) is 0 Å². The highest BCUT2D eigenvalue weighted by molar-refractivity contribution is 5.81. The fourth-order valence-electron chi connectivity index (χ4n) is 2.05. The molecule has 0 radical (unpaired) electrons. The largest absolute Gasteiger partial charge is 0.393 e. The average molecular weight is 197 g/mol. The third-order valence-electron chi connectivity index (χ3n) is 2.94. The highest BCUT2D eigenvalue weighted by Gasteiger charge is 2.21. The third kappa shape index (κ3) is 2.38. The van der Waals surface area contributed by atoms with Crippen molar-refractivity contribution in [1.29, 1.82) is 0 Å². The van der Waals surface area contributed by atoms with Gasteiger partial charge >= 0.3 is 0 Å². The lowest BCUT2D eigenvalue weighted by molar-refractivity contribution is 0.120. The van der Waals surface area contributed by atoms with E-state index in [0.717, 1.165) is 38.2 Å². The van der Waals surface area contributed by atoms with E-state index < -0.39 is 0 Å². The Morgan fingerprint density at radius 2 is 2.07 bits per heavy atom. The van der Waals surface area contributed by atoms with Crippen LogP contribution in [0.1, 0.15) is 32.6 Å². The molecular formula is C10H19N3O. The first-order valence-electron chi connectivity index (χ1n) is 5.49. The van der Waals surface area contributed by atoms with Gasteiger partial charge in [0.2, 0.25) is 0 Å². The second-order valence-corrected chi connectivity index (χ2v) is 4.38. The molecule has 80 valence electrons. The molecule has 14 heavy (non-hydrogen) atoms. The van der Waals surface area contributed by atoms with Gasteiger partial charge in [-0.1, -0.05) is 0 Å². The summed E-state index contributed by atoms with van der Waals surface area (Å²) in [5.74, 6) is 0.943. The quantitative estimate of drug-likeness (QED) is 0.564. The highest BCUT2D eigenvalue weighted by atomic mass is 16.3. The van der Waals surface area contributed by atoms with Crippen molar-refractivity contribution >= 4 is 5.96 Å². The summed E-state index contributed by atoms with van der Waals surface area (Å²) < 4.78 is 0. The summed E-state index contributed by atoms with van der Waals surface area (Å²) in [5.41, 5.74) is 0. The molecule has 2 aliphatic rings. The van der Waals surface area contributed by atoms with Crippen molar-refractivity contribution in [3.63, 3.8) is 0 Å². The van der Waals surface area contributed by atoms with Crippen molar-refractivity contribution in [2.75, 3.05) is 6.54 Å². The van der Waals surface area contributed by atoms with E-state index in [-0.39, 0.29) is 6.10 Å². The van der Waals surface area contributed by atoms with E-state index in [1.54, 1.807) is 0 Å². The zero-order valence-electron chi connectivity index (χ0n) is 8.66. The van der Waals surface area contributed by atoms with Crippen LogP contribution in [0.3, 0.4) is 0 Å². The van der Waals surface area contributed by atoms with Gasteiger partial charge in [-0.05, 0) is 32.6 Å². The molecule has 1 aliphatic carbocycles. The summed E-state index contributed by atoms with van der Waals surface area (Å²) in [5, 5.41) is 16.0. The van der Waals surface area contributed by atoms with E-state index in [0.29, 0.717) is 12.1 Å². The Hall–Kier alpha value is -0.770. The number of hydrogen-bond acceptors (Lipinski definition) is 4. The molecular weight excluding hydrogens is 178 g/mol. The molecule has 1 aliphatic heterocycles. The summed E-state index contributed by atoms with van der Waals surface area (Å²) in [7, 11) is 0. The number of nitrogens with zero attached hydrogens (tertiary/aromatic N) is 1. The summed E-state index contributed by atoms with van der Waals surface area (Å²) in [6.45, 7) is 3.00. The van der Waals surface area contributed by atoms with E-state index in [2.05, 4.69) is 22.5 Å². The molecule has 0 saturated heterocycles. The Morgan fingerprint density at radius 1 is 1.36 bits per heavy atom. The van der Waals surface area contributed by atoms with Gasteiger partial charge in [0.15, 0.2) is 5.96 Å². The standard InChI is InChI=1S/C10H19N3O/c1-7-6-11-10(12-7)13-8-2-4-9(14)5-3-8/h7-9,14H,2-6H2,1H3,(H2,11,12,13). The molecule has 0 amide bonds. The highest BCUT2D eigenvalue weighted by Crippen LogP contribution is 2.18. The number of guanidine groups is 1. The molecule has 1 atom stereocenters. The Balaban J connectivity index is 1.75. The Morgan fingerprint density at radius 3 is 2.64 bits per heavy atom. The Labute approximate surface area is 84.8 Å². The maximum atomic E-state index is 9.36. The van der Waals surface area contributed by atoms with Crippen LogP contribution in [0.4, 0.5) is 0 Å². The molecule has 1 saturated carbocycles. The van der Waals surface area contributed by atoms with Crippen molar-refractivity contribution < 1.29 is 5.11 Å². The molecule has 1 fully saturated rings. The molecule has 0 aromatic carbocycles. The third-order valence-corrected chi connectivity index (χ3v) is 2.94. The van der Waals surface area contributed by atoms with Crippen LogP contribution < -0.4 is 10.6 Å². The zero-order chi connectivity index (χ0) is 9.97. The topological polar surface area (TPSA) is 56.7 Å². The number of hydrogen-bond donors (Lipinski definition) is 3. The predicted octanol–water partition coefficient (Wildman–Crippen LogP) is 0.227. The van der Waals surface area contributed by atoms with Crippen molar-refractivity contribution in [2.24, 2.45) is 4.99 Å². The number of rotatable bonds is 1. The minimum atomic E-state index is -0.0783. The van der Waals surface area contributed by atoms with Crippen molar-refractivity contribution in [1.82, 2.24) is 10.6 Å². The minimum absolute atomic E-state index is 0.0783. The molecule has 3 N–H and O–H groups in total. The number of aliphatic hydroxyl groups is 1. The molecule has 0 bridgehead atoms. The van der Waals surface area contributed by atoms with Crippen LogP contribution in [0, 0.1) is 0 Å². The second-order valence-electron chi connectivity index (χ2n) is 4.38. The van der Waals surface area contributed by atoms with E-state index in [4.69, 9.17) is 0 Å². The molecule has 1 unspecified atom stereocenters. The number of nitrogens with one attached hydrogen (secondary N) is 2. The lowest BCUT2D eigenvalue weighted by Crippen LogP contribution is -2.45. The predicted molar refractivity (Wildman–Crippen MR) is 56.3 cm³/mol. The van der Waals surface area contributed by atoms with Gasteiger partial charge in [0.1, 0.15) is 0 Å². The maximum Gasteiger partial charge on any atom is 0.191 e. The molecule has 1 heterocycles. The molecule has 0 aromatic heterocycles. The van der Waals surface area contributed by atoms with Crippen LogP contribution >= 0.6 is 0 Å². The minimum Gasteiger partial charge on any atom is -0.393 e. The van der Waals surface area contributed by atoms with Gasteiger partial charge in [0.05, 0.1) is 12.6 Å². The molecule has 0 aromatic rings. The molecule has 4 heteroatoms. The lowest BCUT2D eigenvalue weighted by atomic mass is 9.93. The van der Waals surface area contributed by atoms with Gasteiger partial charge < -0.3 is 15.7 Å². The van der Waals surface area contributed by atoms with E-state index in [1.807, 2.05) is 0 Å². The first kappa shape index (κ1) is 9.77. The summed E-state index contributed by atoms with van der Waals surface area (Å²) in [6.07, 6.45) is 3.86. The van der Waals surface area contributed by atoms with Crippen LogP contribution in [0.2, 0.25) is 0 Å². The normalized spacial score (nSPS) is 37.6. The number of aliphatic hydroxyl groups excluding tert-OH is 1. The van der Waals surface area contributed by atoms with Gasteiger partial charge in [-0.15, -0.1) is 0 Å². The number of aliphatic imine (C=N–C) groups is 1. The van der Waals surface area contributed by atoms with Crippen LogP contribution in [0.15, 0.2) is 4.99 Å². The fraction of sp³-hybridized carbons (Fsp3) is 0.900. The first-order valence-corrected chi connectivity index (χ1v) is 5.49. The van der Waals surface area contributed by atoms with E-state index >= 15 is 0 Å². The van der Waals surface area contributed by atoms with E-state index in [1.165, 1.54) is 0 Å². The van der Waals surface area contributed by atoms with Gasteiger partial charge in [-0.2, -0.15) is 0 Å². The summed E-state index contributed by atoms with van der Waals surface area (Å²) in [4.78, 5) is 4.36. The Kier molecular flexibility index (Phi) is 2.91. The molecule has 0 spiro atoms. The molecule has 2 rings (SSSR count). The van der Waals surface area contributed by atoms with Crippen molar-refractivity contribution in [2.45, 2.75) is 50.8 Å². The maximum absolute atomic E-state index is 9.36.